The van der Waals surface area contributed by atoms with Crippen molar-refractivity contribution in [1.29, 1.82) is 0 Å². The van der Waals surface area contributed by atoms with Gasteiger partial charge in [-0.1, -0.05) is 171 Å². The molecule has 0 spiro atoms. The van der Waals surface area contributed by atoms with Gasteiger partial charge in [-0.25, -0.2) is 0 Å². The maximum Gasteiger partial charge on any atom is 0.306 e. The minimum Gasteiger partial charge on any atom is -0.462 e. The molecule has 0 saturated heterocycles. The standard InChI is InChI=1S/C50H86O6/c1-4-7-10-13-16-19-21-22-23-24-25-26-27-28-29-32-34-37-40-43-49(52)55-46-47(45-54-48(51)42-39-36-33-30-18-15-12-9-6-3)56-50(53)44-41-38-35-31-20-17-14-11-8-5-2/h7,10,14,16-17,19,22-23,30,33,47H,4-6,8-9,11-13,15,18,20-21,24-29,31-32,34-46H2,1-3H3/b10-7-,17-14-,19-16-,23-22-,33-30-. The molecule has 6 heteroatoms. The van der Waals surface area contributed by atoms with Crippen molar-refractivity contribution in [3.8, 4) is 0 Å². The van der Waals surface area contributed by atoms with E-state index in [1.165, 1.54) is 83.5 Å². The number of ether oxygens (including phenoxy) is 3. The van der Waals surface area contributed by atoms with Gasteiger partial charge in [0.15, 0.2) is 6.10 Å². The van der Waals surface area contributed by atoms with Crippen molar-refractivity contribution in [3.05, 3.63) is 60.8 Å². The maximum atomic E-state index is 12.7. The molecular weight excluding hydrogens is 697 g/mol. The summed E-state index contributed by atoms with van der Waals surface area (Å²) < 4.78 is 16.6. The molecule has 0 aliphatic rings. The molecule has 0 bridgehead atoms. The van der Waals surface area contributed by atoms with Gasteiger partial charge in [-0.15, -0.1) is 0 Å². The molecule has 0 heterocycles. The summed E-state index contributed by atoms with van der Waals surface area (Å²) in [5.74, 6) is -0.950. The van der Waals surface area contributed by atoms with Crippen LogP contribution in [0.3, 0.4) is 0 Å². The zero-order valence-electron chi connectivity index (χ0n) is 36.6. The van der Waals surface area contributed by atoms with E-state index in [0.29, 0.717) is 25.7 Å². The summed E-state index contributed by atoms with van der Waals surface area (Å²) in [6.45, 7) is 6.40. The van der Waals surface area contributed by atoms with Crippen LogP contribution in [-0.4, -0.2) is 37.2 Å². The molecule has 0 amide bonds. The minimum atomic E-state index is -0.789. The van der Waals surface area contributed by atoms with Gasteiger partial charge in [0.25, 0.3) is 0 Å². The van der Waals surface area contributed by atoms with E-state index in [2.05, 4.69) is 81.5 Å². The molecule has 322 valence electrons. The Balaban J connectivity index is 4.30. The van der Waals surface area contributed by atoms with Gasteiger partial charge in [-0.3, -0.25) is 14.4 Å². The van der Waals surface area contributed by atoms with E-state index in [1.54, 1.807) is 0 Å². The summed E-state index contributed by atoms with van der Waals surface area (Å²) in [6, 6.07) is 0. The van der Waals surface area contributed by atoms with Crippen molar-refractivity contribution in [2.45, 2.75) is 226 Å². The topological polar surface area (TPSA) is 78.9 Å². The summed E-state index contributed by atoms with van der Waals surface area (Å²) in [4.78, 5) is 37.6. The van der Waals surface area contributed by atoms with Crippen LogP contribution < -0.4 is 0 Å². The van der Waals surface area contributed by atoms with E-state index in [0.717, 1.165) is 89.9 Å². The van der Waals surface area contributed by atoms with Crippen molar-refractivity contribution < 1.29 is 28.6 Å². The second-order valence-corrected chi connectivity index (χ2v) is 15.3. The number of hydrogen-bond donors (Lipinski definition) is 0. The Labute approximate surface area is 345 Å². The quantitative estimate of drug-likeness (QED) is 0.0266. The highest BCUT2D eigenvalue weighted by atomic mass is 16.6. The Bertz CT molecular complexity index is 1040. The molecule has 56 heavy (non-hydrogen) atoms. The molecule has 0 aromatic carbocycles. The van der Waals surface area contributed by atoms with Crippen LogP contribution in [0.4, 0.5) is 0 Å². The van der Waals surface area contributed by atoms with Crippen LogP contribution in [0.15, 0.2) is 60.8 Å². The summed E-state index contributed by atoms with van der Waals surface area (Å²) in [5.41, 5.74) is 0. The van der Waals surface area contributed by atoms with Crippen LogP contribution in [0.5, 0.6) is 0 Å². The Kier molecular flexibility index (Phi) is 42.5. The Morgan fingerprint density at radius 1 is 0.375 bits per heavy atom. The fourth-order valence-corrected chi connectivity index (χ4v) is 6.20. The molecule has 0 aliphatic carbocycles. The van der Waals surface area contributed by atoms with Crippen molar-refractivity contribution in [3.63, 3.8) is 0 Å². The van der Waals surface area contributed by atoms with Gasteiger partial charge in [0.2, 0.25) is 0 Å². The highest BCUT2D eigenvalue weighted by Crippen LogP contribution is 2.13. The van der Waals surface area contributed by atoms with E-state index in [1.807, 2.05) is 0 Å². The summed E-state index contributed by atoms with van der Waals surface area (Å²) in [5, 5.41) is 0. The normalized spacial score (nSPS) is 12.6. The fraction of sp³-hybridized carbons (Fsp3) is 0.740. The van der Waals surface area contributed by atoms with Gasteiger partial charge in [-0.2, -0.15) is 0 Å². The van der Waals surface area contributed by atoms with Crippen LogP contribution in [0.25, 0.3) is 0 Å². The second-order valence-electron chi connectivity index (χ2n) is 15.3. The number of carbonyl (C=O) groups is 3. The monoisotopic (exact) mass is 783 g/mol. The second kappa shape index (κ2) is 44.8. The number of rotatable bonds is 41. The van der Waals surface area contributed by atoms with Crippen LogP contribution in [0.2, 0.25) is 0 Å². The molecule has 1 atom stereocenters. The predicted octanol–water partition coefficient (Wildman–Crippen LogP) is 14.9. The van der Waals surface area contributed by atoms with E-state index < -0.39 is 6.10 Å². The van der Waals surface area contributed by atoms with Crippen LogP contribution >= 0.6 is 0 Å². The third kappa shape index (κ3) is 42.3. The molecule has 1 unspecified atom stereocenters. The average Bonchev–Trinajstić information content (AvgIpc) is 3.19. The Morgan fingerprint density at radius 3 is 1.23 bits per heavy atom. The molecule has 0 radical (unpaired) electrons. The molecule has 0 saturated carbocycles. The Morgan fingerprint density at radius 2 is 0.732 bits per heavy atom. The lowest BCUT2D eigenvalue weighted by Gasteiger charge is -2.18. The van der Waals surface area contributed by atoms with Crippen LogP contribution in [-0.2, 0) is 28.6 Å². The molecule has 6 nitrogen and oxygen atoms in total. The number of carbonyl (C=O) groups excluding carboxylic acids is 3. The molecule has 0 aromatic heterocycles. The van der Waals surface area contributed by atoms with Crippen LogP contribution in [0, 0.1) is 0 Å². The predicted molar refractivity (Wildman–Crippen MR) is 238 cm³/mol. The number of unbranched alkanes of at least 4 members (excludes halogenated alkanes) is 20. The molecule has 0 aromatic rings. The Hall–Kier alpha value is -2.89. The van der Waals surface area contributed by atoms with Gasteiger partial charge >= 0.3 is 17.9 Å². The van der Waals surface area contributed by atoms with Crippen molar-refractivity contribution in [2.24, 2.45) is 0 Å². The van der Waals surface area contributed by atoms with Gasteiger partial charge in [-0.05, 0) is 89.9 Å². The summed E-state index contributed by atoms with van der Waals surface area (Å²) in [7, 11) is 0. The van der Waals surface area contributed by atoms with Gasteiger partial charge < -0.3 is 14.2 Å². The first-order valence-electron chi connectivity index (χ1n) is 23.3. The summed E-state index contributed by atoms with van der Waals surface area (Å²) in [6.07, 6.45) is 53.6. The van der Waals surface area contributed by atoms with Gasteiger partial charge in [0.1, 0.15) is 13.2 Å². The highest BCUT2D eigenvalue weighted by molar-refractivity contribution is 5.71. The summed E-state index contributed by atoms with van der Waals surface area (Å²) >= 11 is 0. The van der Waals surface area contributed by atoms with E-state index in [9.17, 15) is 14.4 Å². The number of esters is 3. The van der Waals surface area contributed by atoms with E-state index in [-0.39, 0.29) is 31.1 Å². The highest BCUT2D eigenvalue weighted by Gasteiger charge is 2.19. The van der Waals surface area contributed by atoms with Crippen molar-refractivity contribution >= 4 is 17.9 Å². The van der Waals surface area contributed by atoms with E-state index >= 15 is 0 Å². The first-order chi connectivity index (χ1) is 27.5. The smallest absolute Gasteiger partial charge is 0.306 e. The number of hydrogen-bond acceptors (Lipinski definition) is 6. The lowest BCUT2D eigenvalue weighted by atomic mass is 10.1. The largest absolute Gasteiger partial charge is 0.462 e. The molecule has 0 aliphatic heterocycles. The lowest BCUT2D eigenvalue weighted by molar-refractivity contribution is -0.167. The number of allylic oxidation sites excluding steroid dienone is 10. The SMILES string of the molecule is CC/C=C\C/C=C\C/C=C\CCCCCCCCCCCC(=O)OCC(COC(=O)CCC/C=C\CCCCCC)OC(=O)CCCCCC/C=C\CCCC. The zero-order valence-corrected chi connectivity index (χ0v) is 36.6. The third-order valence-corrected chi connectivity index (χ3v) is 9.73. The van der Waals surface area contributed by atoms with Gasteiger partial charge in [0, 0.05) is 19.3 Å². The fourth-order valence-electron chi connectivity index (χ4n) is 6.20. The minimum absolute atomic E-state index is 0.0905. The maximum absolute atomic E-state index is 12.7. The molecular formula is C50H86O6. The van der Waals surface area contributed by atoms with Gasteiger partial charge in [0.05, 0.1) is 0 Å². The van der Waals surface area contributed by atoms with Crippen LogP contribution in [0.1, 0.15) is 220 Å². The van der Waals surface area contributed by atoms with E-state index in [4.69, 9.17) is 14.2 Å². The molecule has 0 rings (SSSR count). The first kappa shape index (κ1) is 53.1. The molecule has 0 fully saturated rings. The first-order valence-corrected chi connectivity index (χ1v) is 23.3. The third-order valence-electron chi connectivity index (χ3n) is 9.73. The lowest BCUT2D eigenvalue weighted by Crippen LogP contribution is -2.30. The van der Waals surface area contributed by atoms with Crippen molar-refractivity contribution in [2.75, 3.05) is 13.2 Å². The van der Waals surface area contributed by atoms with Crippen molar-refractivity contribution in [1.82, 2.24) is 0 Å². The zero-order chi connectivity index (χ0) is 40.8. The average molecular weight is 783 g/mol. The molecule has 0 N–H and O–H groups in total.